The van der Waals surface area contributed by atoms with Crippen molar-refractivity contribution in [1.82, 2.24) is 4.57 Å². The highest BCUT2D eigenvalue weighted by Crippen LogP contribution is 2.36. The van der Waals surface area contributed by atoms with Crippen LogP contribution in [0.3, 0.4) is 0 Å². The van der Waals surface area contributed by atoms with Gasteiger partial charge in [-0.05, 0) is 52.9 Å². The fourth-order valence-corrected chi connectivity index (χ4v) is 4.46. The maximum absolute atomic E-state index is 8.72. The fourth-order valence-electron chi connectivity index (χ4n) is 4.46. The molecule has 0 radical (unpaired) electrons. The largest absolute Gasteiger partial charge is 0.479 e. The molecule has 0 N–H and O–H groups in total. The summed E-state index contributed by atoms with van der Waals surface area (Å²) < 4.78 is 7.84. The van der Waals surface area contributed by atoms with E-state index in [1.54, 1.807) is 0 Å². The summed E-state index contributed by atoms with van der Waals surface area (Å²) in [4.78, 5) is 0. The zero-order chi connectivity index (χ0) is 22.6. The molecular weight excluding hydrogens is 404 g/mol. The minimum Gasteiger partial charge on any atom is -0.479 e. The van der Waals surface area contributed by atoms with Crippen molar-refractivity contribution in [3.8, 4) is 34.2 Å². The van der Waals surface area contributed by atoms with Crippen LogP contribution in [0.15, 0.2) is 103 Å². The van der Waals surface area contributed by atoms with Gasteiger partial charge >= 0.3 is 0 Å². The van der Waals surface area contributed by atoms with E-state index in [0.29, 0.717) is 5.75 Å². The van der Waals surface area contributed by atoms with Gasteiger partial charge in [-0.2, -0.15) is 5.26 Å². The number of ether oxygens (including phenoxy) is 1. The number of nitriles is 1. The lowest BCUT2D eigenvalue weighted by Crippen LogP contribution is -2.02. The molecule has 0 bridgehead atoms. The van der Waals surface area contributed by atoms with Crippen LogP contribution in [-0.4, -0.2) is 11.2 Å². The summed E-state index contributed by atoms with van der Waals surface area (Å²) in [6, 6.07) is 37.9. The predicted octanol–water partition coefficient (Wildman–Crippen LogP) is 7.23. The van der Waals surface area contributed by atoms with Gasteiger partial charge in [0.15, 0.2) is 6.61 Å². The van der Waals surface area contributed by atoms with Gasteiger partial charge in [-0.25, -0.2) is 0 Å². The zero-order valence-corrected chi connectivity index (χ0v) is 18.5. The highest BCUT2D eigenvalue weighted by Gasteiger charge is 2.17. The van der Waals surface area contributed by atoms with E-state index in [1.807, 2.05) is 30.3 Å². The molecule has 0 unspecified atom stereocenters. The molecule has 4 aromatic carbocycles. The maximum Gasteiger partial charge on any atom is 0.174 e. The van der Waals surface area contributed by atoms with Crippen molar-refractivity contribution in [2.75, 3.05) is 6.61 Å². The van der Waals surface area contributed by atoms with Crippen LogP contribution in [-0.2, 0) is 6.54 Å². The van der Waals surface area contributed by atoms with Gasteiger partial charge < -0.3 is 9.30 Å². The summed E-state index contributed by atoms with van der Waals surface area (Å²) in [6.07, 6.45) is 0. The Labute approximate surface area is 194 Å². The topological polar surface area (TPSA) is 38.0 Å². The highest BCUT2D eigenvalue weighted by molar-refractivity contribution is 5.94. The van der Waals surface area contributed by atoms with E-state index < -0.39 is 0 Å². The summed E-state index contributed by atoms with van der Waals surface area (Å²) in [5.74, 6) is 0.705. The molecule has 3 heteroatoms. The van der Waals surface area contributed by atoms with E-state index in [4.69, 9.17) is 10.00 Å². The minimum atomic E-state index is 0.0554. The number of hydrogen-bond acceptors (Lipinski definition) is 2. The predicted molar refractivity (Wildman–Crippen MR) is 134 cm³/mol. The van der Waals surface area contributed by atoms with Crippen molar-refractivity contribution in [2.24, 2.45) is 0 Å². The molecule has 33 heavy (non-hydrogen) atoms. The number of nitrogens with zero attached hydrogens (tertiary/aromatic N) is 2. The lowest BCUT2D eigenvalue weighted by molar-refractivity contribution is 0.368. The standard InChI is InChI=1S/C30H24N2O/c1-22-28-17-14-26(24-12-15-27(16-13-24)33-19-18-31)20-29(28)32(21-23-8-4-2-5-9-23)30(22)25-10-6-3-7-11-25/h2-17,20H,19,21H2,1H3. The van der Waals surface area contributed by atoms with Gasteiger partial charge in [0, 0.05) is 17.4 Å². The van der Waals surface area contributed by atoms with Gasteiger partial charge in [-0.1, -0.05) is 84.9 Å². The minimum absolute atomic E-state index is 0.0554. The quantitative estimate of drug-likeness (QED) is 0.286. The Morgan fingerprint density at radius 1 is 0.758 bits per heavy atom. The van der Waals surface area contributed by atoms with Crippen LogP contribution in [0.5, 0.6) is 5.75 Å². The van der Waals surface area contributed by atoms with Crippen molar-refractivity contribution >= 4 is 10.9 Å². The van der Waals surface area contributed by atoms with Gasteiger partial charge in [0.1, 0.15) is 11.8 Å². The zero-order valence-electron chi connectivity index (χ0n) is 18.5. The van der Waals surface area contributed by atoms with Crippen LogP contribution >= 0.6 is 0 Å². The molecule has 0 saturated heterocycles. The lowest BCUT2D eigenvalue weighted by Gasteiger charge is -2.13. The molecule has 0 aliphatic carbocycles. The fraction of sp³-hybridized carbons (Fsp3) is 0.100. The number of hydrogen-bond donors (Lipinski definition) is 0. The average Bonchev–Trinajstić information content (AvgIpc) is 3.15. The molecule has 3 nitrogen and oxygen atoms in total. The first kappa shape index (κ1) is 20.6. The molecule has 0 amide bonds. The van der Waals surface area contributed by atoms with E-state index in [0.717, 1.165) is 17.7 Å². The molecule has 0 spiro atoms. The SMILES string of the molecule is Cc1c(-c2ccccc2)n(Cc2ccccc2)c2cc(-c3ccc(OCC#N)cc3)ccc12. The van der Waals surface area contributed by atoms with Gasteiger partial charge in [0.2, 0.25) is 0 Å². The van der Waals surface area contributed by atoms with Crippen LogP contribution < -0.4 is 4.74 Å². The van der Waals surface area contributed by atoms with Crippen LogP contribution in [0.1, 0.15) is 11.1 Å². The van der Waals surface area contributed by atoms with Gasteiger partial charge in [-0.15, -0.1) is 0 Å². The molecule has 5 rings (SSSR count). The number of aromatic nitrogens is 1. The molecule has 5 aromatic rings. The number of fused-ring (bicyclic) bond motifs is 1. The molecule has 1 heterocycles. The first-order chi connectivity index (χ1) is 16.2. The van der Waals surface area contributed by atoms with Crippen molar-refractivity contribution in [2.45, 2.75) is 13.5 Å². The van der Waals surface area contributed by atoms with Crippen LogP contribution in [0.25, 0.3) is 33.3 Å². The second-order valence-corrected chi connectivity index (χ2v) is 8.11. The Morgan fingerprint density at radius 3 is 2.12 bits per heavy atom. The average molecular weight is 429 g/mol. The summed E-state index contributed by atoms with van der Waals surface area (Å²) >= 11 is 0. The third-order valence-corrected chi connectivity index (χ3v) is 6.04. The monoisotopic (exact) mass is 428 g/mol. The van der Waals surface area contributed by atoms with Crippen molar-refractivity contribution in [3.63, 3.8) is 0 Å². The van der Waals surface area contributed by atoms with Crippen LogP contribution in [0.2, 0.25) is 0 Å². The van der Waals surface area contributed by atoms with E-state index in [2.05, 4.69) is 90.4 Å². The molecule has 160 valence electrons. The summed E-state index contributed by atoms with van der Waals surface area (Å²) in [7, 11) is 0. The normalized spacial score (nSPS) is 10.8. The third kappa shape index (κ3) is 4.12. The Kier molecular flexibility index (Phi) is 5.66. The van der Waals surface area contributed by atoms with Gasteiger partial charge in [-0.3, -0.25) is 0 Å². The highest BCUT2D eigenvalue weighted by atomic mass is 16.5. The maximum atomic E-state index is 8.72. The molecule has 0 aliphatic heterocycles. The van der Waals surface area contributed by atoms with E-state index in [-0.39, 0.29) is 6.61 Å². The Morgan fingerprint density at radius 2 is 1.42 bits per heavy atom. The molecule has 0 saturated carbocycles. The van der Waals surface area contributed by atoms with Gasteiger partial charge in [0.05, 0.1) is 5.69 Å². The second kappa shape index (κ2) is 9.06. The van der Waals surface area contributed by atoms with Crippen molar-refractivity contribution in [1.29, 1.82) is 5.26 Å². The first-order valence-electron chi connectivity index (χ1n) is 11.1. The van der Waals surface area contributed by atoms with Crippen molar-refractivity contribution in [3.05, 3.63) is 114 Å². The van der Waals surface area contributed by atoms with Crippen LogP contribution in [0, 0.1) is 18.3 Å². The number of benzene rings is 4. The summed E-state index contributed by atoms with van der Waals surface area (Å²) in [5.41, 5.74) is 8.54. The Bertz CT molecular complexity index is 1430. The lowest BCUT2D eigenvalue weighted by atomic mass is 10.0. The van der Waals surface area contributed by atoms with Gasteiger partial charge in [0.25, 0.3) is 0 Å². The number of aryl methyl sites for hydroxylation is 1. The summed E-state index contributed by atoms with van der Waals surface area (Å²) in [5, 5.41) is 9.99. The molecular formula is C30H24N2O. The molecule has 0 fully saturated rings. The Balaban J connectivity index is 1.64. The third-order valence-electron chi connectivity index (χ3n) is 6.04. The Hall–Kier alpha value is -4.29. The van der Waals surface area contributed by atoms with Crippen molar-refractivity contribution < 1.29 is 4.74 Å². The summed E-state index contributed by atoms with van der Waals surface area (Å²) in [6.45, 7) is 3.08. The first-order valence-corrected chi connectivity index (χ1v) is 11.1. The molecule has 1 aromatic heterocycles. The van der Waals surface area contributed by atoms with Crippen LogP contribution in [0.4, 0.5) is 0 Å². The molecule has 0 aliphatic rings. The number of rotatable bonds is 6. The van der Waals surface area contributed by atoms with E-state index in [9.17, 15) is 0 Å². The smallest absolute Gasteiger partial charge is 0.174 e. The van der Waals surface area contributed by atoms with E-state index in [1.165, 1.54) is 33.3 Å². The molecule has 0 atom stereocenters. The van der Waals surface area contributed by atoms with E-state index >= 15 is 0 Å². The second-order valence-electron chi connectivity index (χ2n) is 8.11.